The minimum absolute atomic E-state index is 0.184. The fraction of sp³-hybridized carbons (Fsp3) is 0.362. The van der Waals surface area contributed by atoms with E-state index in [-0.39, 0.29) is 26.4 Å². The van der Waals surface area contributed by atoms with Crippen molar-refractivity contribution in [1.82, 2.24) is 0 Å². The molecule has 2 aliphatic heterocycles. The number of benzene rings is 5. The summed E-state index contributed by atoms with van der Waals surface area (Å²) in [5.74, 6) is 0. The minimum Gasteiger partial charge on any atom is -0.394 e. The smallest absolute Gasteiger partial charge is 0.187 e. The molecule has 0 radical (unpaired) electrons. The van der Waals surface area contributed by atoms with Crippen molar-refractivity contribution in [2.45, 2.75) is 101 Å². The third kappa shape index (κ3) is 11.2. The highest BCUT2D eigenvalue weighted by atomic mass is 16.7. The molecule has 2 fully saturated rings. The molecule has 0 unspecified atom stereocenters. The SMILES string of the molecule is C[C@H]1O[C@@H](O[C@@H]2[C@H](OCc3ccccc3)[C@@H](OCc3ccccc3)[C@@H](O)O[C@@H]2CO)[C@H](OCc2ccccc2)[C@@H](OCc2ccccc2)[C@H]1OCc1ccccc1. The van der Waals surface area contributed by atoms with Gasteiger partial charge in [-0.15, -0.1) is 0 Å². The summed E-state index contributed by atoms with van der Waals surface area (Å²) in [6, 6.07) is 49.1. The molecule has 57 heavy (non-hydrogen) atoms. The van der Waals surface area contributed by atoms with E-state index < -0.39 is 68.0 Å². The molecular formula is C47H52O10. The average molecular weight is 777 g/mol. The van der Waals surface area contributed by atoms with Crippen molar-refractivity contribution < 1.29 is 48.1 Å². The normalized spacial score (nSPS) is 27.6. The van der Waals surface area contributed by atoms with Crippen molar-refractivity contribution in [2.75, 3.05) is 6.61 Å². The van der Waals surface area contributed by atoms with Gasteiger partial charge in [-0.1, -0.05) is 152 Å². The molecule has 0 saturated carbocycles. The summed E-state index contributed by atoms with van der Waals surface area (Å²) < 4.78 is 52.9. The summed E-state index contributed by atoms with van der Waals surface area (Å²) in [6.07, 6.45) is -8.89. The number of rotatable bonds is 18. The molecule has 2 N–H and O–H groups in total. The summed E-state index contributed by atoms with van der Waals surface area (Å²) in [4.78, 5) is 0. The first-order chi connectivity index (χ1) is 28.1. The van der Waals surface area contributed by atoms with Gasteiger partial charge >= 0.3 is 0 Å². The van der Waals surface area contributed by atoms with Crippen molar-refractivity contribution in [3.05, 3.63) is 179 Å². The molecule has 5 aromatic rings. The number of aliphatic hydroxyl groups is 2. The highest BCUT2D eigenvalue weighted by molar-refractivity contribution is 5.17. The standard InChI is InChI=1S/C47H52O10/c1-33-40(50-28-34-17-7-2-8-18-34)42(51-29-35-19-9-3-10-20-35)45(54-32-38-25-15-6-16-26-38)47(55-33)57-41-39(27-48)56-46(49)44(53-31-37-23-13-5-14-24-37)43(41)52-30-36-21-11-4-12-22-36/h2-26,33,39-49H,27-32H2,1H3/t33-,39-,40+,41+,42+,43+,44-,45-,46+,47+/m1/s1. The van der Waals surface area contributed by atoms with E-state index in [1.165, 1.54) is 0 Å². The first-order valence-electron chi connectivity index (χ1n) is 19.6. The van der Waals surface area contributed by atoms with Gasteiger partial charge in [-0.05, 0) is 34.7 Å². The fourth-order valence-electron chi connectivity index (χ4n) is 7.24. The van der Waals surface area contributed by atoms with Gasteiger partial charge in [0.2, 0.25) is 0 Å². The molecule has 0 aliphatic carbocycles. The molecule has 0 bridgehead atoms. The predicted molar refractivity (Wildman–Crippen MR) is 212 cm³/mol. The maximum Gasteiger partial charge on any atom is 0.187 e. The van der Waals surface area contributed by atoms with Crippen LogP contribution in [0.15, 0.2) is 152 Å². The lowest BCUT2D eigenvalue weighted by molar-refractivity contribution is -0.370. The molecule has 0 amide bonds. The average Bonchev–Trinajstić information content (AvgIpc) is 3.26. The maximum atomic E-state index is 11.4. The number of aliphatic hydroxyl groups excluding tert-OH is 2. The second-order valence-electron chi connectivity index (χ2n) is 14.4. The largest absolute Gasteiger partial charge is 0.394 e. The van der Waals surface area contributed by atoms with Crippen LogP contribution in [-0.4, -0.2) is 78.2 Å². The second kappa shape index (κ2) is 20.9. The van der Waals surface area contributed by atoms with Crippen molar-refractivity contribution >= 4 is 0 Å². The van der Waals surface area contributed by atoms with Crippen LogP contribution in [0.5, 0.6) is 0 Å². The Kier molecular flexibility index (Phi) is 15.0. The lowest BCUT2D eigenvalue weighted by atomic mass is 9.96. The van der Waals surface area contributed by atoms with Gasteiger partial charge < -0.3 is 48.1 Å². The number of hydrogen-bond acceptors (Lipinski definition) is 10. The van der Waals surface area contributed by atoms with Gasteiger partial charge in [-0.25, -0.2) is 0 Å². The zero-order valence-corrected chi connectivity index (χ0v) is 32.1. The van der Waals surface area contributed by atoms with E-state index in [1.807, 2.05) is 159 Å². The summed E-state index contributed by atoms with van der Waals surface area (Å²) in [6.45, 7) is 2.69. The molecule has 300 valence electrons. The van der Waals surface area contributed by atoms with Gasteiger partial charge in [-0.3, -0.25) is 0 Å². The Hall–Kier alpha value is -4.30. The van der Waals surface area contributed by atoms with Gasteiger partial charge in [0.1, 0.15) is 42.7 Å². The third-order valence-electron chi connectivity index (χ3n) is 10.2. The predicted octanol–water partition coefficient (Wildman–Crippen LogP) is 6.75. The molecule has 2 saturated heterocycles. The van der Waals surface area contributed by atoms with Crippen molar-refractivity contribution in [2.24, 2.45) is 0 Å². The number of ether oxygens (including phenoxy) is 8. The lowest BCUT2D eigenvalue weighted by Gasteiger charge is -2.49. The highest BCUT2D eigenvalue weighted by Crippen LogP contribution is 2.35. The van der Waals surface area contributed by atoms with Crippen molar-refractivity contribution in [3.8, 4) is 0 Å². The van der Waals surface area contributed by atoms with E-state index in [9.17, 15) is 10.2 Å². The van der Waals surface area contributed by atoms with Crippen molar-refractivity contribution in [1.29, 1.82) is 0 Å². The Labute approximate surface area is 334 Å². The number of hydrogen-bond donors (Lipinski definition) is 2. The monoisotopic (exact) mass is 776 g/mol. The Balaban J connectivity index is 1.21. The first kappa shape index (κ1) is 40.9. The second-order valence-corrected chi connectivity index (χ2v) is 14.4. The van der Waals surface area contributed by atoms with Crippen LogP contribution in [0.1, 0.15) is 34.7 Å². The Morgan fingerprint density at radius 1 is 0.421 bits per heavy atom. The van der Waals surface area contributed by atoms with Crippen LogP contribution in [-0.2, 0) is 70.9 Å². The van der Waals surface area contributed by atoms with Crippen LogP contribution in [0, 0.1) is 0 Å². The first-order valence-corrected chi connectivity index (χ1v) is 19.6. The maximum absolute atomic E-state index is 11.4. The molecule has 7 rings (SSSR count). The summed E-state index contributed by atoms with van der Waals surface area (Å²) in [5, 5.41) is 22.1. The Bertz CT molecular complexity index is 1850. The molecule has 0 spiro atoms. The quantitative estimate of drug-likeness (QED) is 0.0991. The summed E-state index contributed by atoms with van der Waals surface area (Å²) in [7, 11) is 0. The zero-order valence-electron chi connectivity index (χ0n) is 32.1. The molecule has 2 aliphatic rings. The summed E-state index contributed by atoms with van der Waals surface area (Å²) >= 11 is 0. The van der Waals surface area contributed by atoms with E-state index >= 15 is 0 Å². The van der Waals surface area contributed by atoms with Gasteiger partial charge in [0.05, 0.1) is 45.7 Å². The van der Waals surface area contributed by atoms with Crippen LogP contribution in [0.2, 0.25) is 0 Å². The molecule has 10 heteroatoms. The van der Waals surface area contributed by atoms with Crippen LogP contribution in [0.3, 0.4) is 0 Å². The molecule has 10 nitrogen and oxygen atoms in total. The molecule has 10 atom stereocenters. The topological polar surface area (TPSA) is 114 Å². The highest BCUT2D eigenvalue weighted by Gasteiger charge is 2.53. The fourth-order valence-corrected chi connectivity index (χ4v) is 7.24. The summed E-state index contributed by atoms with van der Waals surface area (Å²) in [5.41, 5.74) is 4.77. The van der Waals surface area contributed by atoms with Crippen LogP contribution in [0.4, 0.5) is 0 Å². The van der Waals surface area contributed by atoms with Crippen LogP contribution >= 0.6 is 0 Å². The van der Waals surface area contributed by atoms with Crippen molar-refractivity contribution in [3.63, 3.8) is 0 Å². The molecule has 0 aromatic heterocycles. The zero-order chi connectivity index (χ0) is 39.2. The Morgan fingerprint density at radius 3 is 1.14 bits per heavy atom. The van der Waals surface area contributed by atoms with Gasteiger partial charge in [0, 0.05) is 0 Å². The molecule has 5 aromatic carbocycles. The Morgan fingerprint density at radius 2 is 0.754 bits per heavy atom. The lowest BCUT2D eigenvalue weighted by Crippen LogP contribution is -2.65. The van der Waals surface area contributed by atoms with Gasteiger partial charge in [-0.2, -0.15) is 0 Å². The van der Waals surface area contributed by atoms with E-state index in [1.54, 1.807) is 0 Å². The molecular weight excluding hydrogens is 725 g/mol. The van der Waals surface area contributed by atoms with E-state index in [0.717, 1.165) is 27.8 Å². The van der Waals surface area contributed by atoms with E-state index in [0.29, 0.717) is 6.61 Å². The van der Waals surface area contributed by atoms with Crippen LogP contribution in [0.25, 0.3) is 0 Å². The van der Waals surface area contributed by atoms with Gasteiger partial charge in [0.15, 0.2) is 12.6 Å². The third-order valence-corrected chi connectivity index (χ3v) is 10.2. The minimum atomic E-state index is -1.42. The molecule has 2 heterocycles. The van der Waals surface area contributed by atoms with E-state index in [4.69, 9.17) is 37.9 Å². The van der Waals surface area contributed by atoms with Crippen LogP contribution < -0.4 is 0 Å². The van der Waals surface area contributed by atoms with E-state index in [2.05, 4.69) is 0 Å². The van der Waals surface area contributed by atoms with Gasteiger partial charge in [0.25, 0.3) is 0 Å².